The van der Waals surface area contributed by atoms with E-state index >= 15 is 0 Å². The second-order valence-corrected chi connectivity index (χ2v) is 3.44. The van der Waals surface area contributed by atoms with E-state index < -0.39 is 5.91 Å². The van der Waals surface area contributed by atoms with Gasteiger partial charge in [0.2, 0.25) is 0 Å². The van der Waals surface area contributed by atoms with Gasteiger partial charge in [-0.3, -0.25) is 9.48 Å². The average molecular weight is 219 g/mol. The van der Waals surface area contributed by atoms with E-state index in [0.717, 1.165) is 0 Å². The molecule has 0 bridgehead atoms. The van der Waals surface area contributed by atoms with Crippen molar-refractivity contribution in [3.63, 3.8) is 0 Å². The van der Waals surface area contributed by atoms with Crippen LogP contribution in [-0.2, 0) is 7.05 Å². The van der Waals surface area contributed by atoms with Crippen molar-refractivity contribution in [2.45, 2.75) is 0 Å². The molecule has 0 aliphatic heterocycles. The first-order chi connectivity index (χ1) is 7.58. The zero-order valence-electron chi connectivity index (χ0n) is 8.64. The molecule has 0 aliphatic rings. The normalized spacial score (nSPS) is 10.4. The Balaban J connectivity index is 2.55. The van der Waals surface area contributed by atoms with Gasteiger partial charge in [-0.2, -0.15) is 5.10 Å². The monoisotopic (exact) mass is 219 g/mol. The highest BCUT2D eigenvalue weighted by Crippen LogP contribution is 2.21. The van der Waals surface area contributed by atoms with E-state index in [2.05, 4.69) is 5.10 Å². The zero-order chi connectivity index (χ0) is 11.7. The molecule has 0 saturated heterocycles. The molecule has 1 aromatic carbocycles. The molecule has 1 amide bonds. The number of carbonyl (C=O) groups is 1. The fourth-order valence-corrected chi connectivity index (χ4v) is 1.49. The SMILES string of the molecule is Cn1cc(C(N)=O)c(-c2ccc(F)cc2)n1. The molecular formula is C11H10FN3O. The van der Waals surface area contributed by atoms with Crippen molar-refractivity contribution in [3.8, 4) is 11.3 Å². The summed E-state index contributed by atoms with van der Waals surface area (Å²) in [6.45, 7) is 0. The molecule has 2 aromatic rings. The number of aromatic nitrogens is 2. The van der Waals surface area contributed by atoms with Crippen LogP contribution in [0.15, 0.2) is 30.5 Å². The molecule has 1 aromatic heterocycles. The average Bonchev–Trinajstić information content (AvgIpc) is 2.61. The maximum absolute atomic E-state index is 12.7. The Morgan fingerprint density at radius 3 is 2.56 bits per heavy atom. The highest BCUT2D eigenvalue weighted by Gasteiger charge is 2.14. The minimum atomic E-state index is -0.549. The van der Waals surface area contributed by atoms with E-state index in [1.807, 2.05) is 0 Å². The largest absolute Gasteiger partial charge is 0.365 e. The summed E-state index contributed by atoms with van der Waals surface area (Å²) in [5, 5.41) is 4.13. The molecule has 0 atom stereocenters. The van der Waals surface area contributed by atoms with E-state index in [9.17, 15) is 9.18 Å². The summed E-state index contributed by atoms with van der Waals surface area (Å²) in [4.78, 5) is 11.2. The maximum Gasteiger partial charge on any atom is 0.252 e. The highest BCUT2D eigenvalue weighted by molar-refractivity contribution is 5.98. The molecule has 0 unspecified atom stereocenters. The Morgan fingerprint density at radius 2 is 2.00 bits per heavy atom. The van der Waals surface area contributed by atoms with E-state index in [-0.39, 0.29) is 5.82 Å². The predicted octanol–water partition coefficient (Wildman–Crippen LogP) is 1.33. The third kappa shape index (κ3) is 1.79. The Kier molecular flexibility index (Phi) is 2.44. The van der Waals surface area contributed by atoms with Gasteiger partial charge in [-0.1, -0.05) is 0 Å². The number of aryl methyl sites for hydroxylation is 1. The van der Waals surface area contributed by atoms with Gasteiger partial charge >= 0.3 is 0 Å². The number of nitrogens with two attached hydrogens (primary N) is 1. The third-order valence-electron chi connectivity index (χ3n) is 2.21. The standard InChI is InChI=1S/C11H10FN3O/c1-15-6-9(11(13)16)10(14-15)7-2-4-8(12)5-3-7/h2-6H,1H3,(H2,13,16). The van der Waals surface area contributed by atoms with Crippen molar-refractivity contribution in [2.75, 3.05) is 0 Å². The first-order valence-electron chi connectivity index (χ1n) is 4.67. The molecule has 0 aliphatic carbocycles. The van der Waals surface area contributed by atoms with E-state index in [4.69, 9.17) is 5.73 Å². The van der Waals surface area contributed by atoms with Crippen LogP contribution < -0.4 is 5.73 Å². The minimum absolute atomic E-state index is 0.328. The number of nitrogens with zero attached hydrogens (tertiary/aromatic N) is 2. The first kappa shape index (κ1) is 10.4. The van der Waals surface area contributed by atoms with Gasteiger partial charge in [-0.15, -0.1) is 0 Å². The number of hydrogen-bond acceptors (Lipinski definition) is 2. The van der Waals surface area contributed by atoms with Crippen LogP contribution in [-0.4, -0.2) is 15.7 Å². The Bertz CT molecular complexity index is 531. The number of hydrogen-bond donors (Lipinski definition) is 1. The summed E-state index contributed by atoms with van der Waals surface area (Å²) in [6.07, 6.45) is 1.54. The molecule has 0 radical (unpaired) electrons. The lowest BCUT2D eigenvalue weighted by Gasteiger charge is -1.98. The molecule has 1 heterocycles. The van der Waals surface area contributed by atoms with Crippen molar-refractivity contribution >= 4 is 5.91 Å². The molecule has 0 fully saturated rings. The first-order valence-corrected chi connectivity index (χ1v) is 4.67. The lowest BCUT2D eigenvalue weighted by Crippen LogP contribution is -2.11. The summed E-state index contributed by atoms with van der Waals surface area (Å²) >= 11 is 0. The van der Waals surface area contributed by atoms with Gasteiger partial charge in [-0.25, -0.2) is 4.39 Å². The minimum Gasteiger partial charge on any atom is -0.365 e. The van der Waals surface area contributed by atoms with Gasteiger partial charge in [0.15, 0.2) is 0 Å². The molecule has 2 N–H and O–H groups in total. The molecule has 16 heavy (non-hydrogen) atoms. The van der Waals surface area contributed by atoms with Crippen LogP contribution >= 0.6 is 0 Å². The smallest absolute Gasteiger partial charge is 0.252 e. The Labute approximate surface area is 91.5 Å². The molecule has 5 heteroatoms. The van der Waals surface area contributed by atoms with Crippen LogP contribution in [0.2, 0.25) is 0 Å². The molecular weight excluding hydrogens is 209 g/mol. The van der Waals surface area contributed by atoms with Crippen LogP contribution in [0.5, 0.6) is 0 Å². The van der Waals surface area contributed by atoms with Gasteiger partial charge in [0, 0.05) is 18.8 Å². The summed E-state index contributed by atoms with van der Waals surface area (Å²) < 4.78 is 14.2. The summed E-state index contributed by atoms with van der Waals surface area (Å²) in [5.74, 6) is -0.882. The van der Waals surface area contributed by atoms with E-state index in [1.54, 1.807) is 25.4 Å². The van der Waals surface area contributed by atoms with Crippen molar-refractivity contribution in [3.05, 3.63) is 41.8 Å². The van der Waals surface area contributed by atoms with Crippen LogP contribution in [0.1, 0.15) is 10.4 Å². The topological polar surface area (TPSA) is 60.9 Å². The molecule has 4 nitrogen and oxygen atoms in total. The van der Waals surface area contributed by atoms with E-state index in [0.29, 0.717) is 16.8 Å². The number of amides is 1. The summed E-state index contributed by atoms with van der Waals surface area (Å²) in [6, 6.07) is 5.75. The van der Waals surface area contributed by atoms with Crippen LogP contribution in [0.25, 0.3) is 11.3 Å². The molecule has 0 spiro atoms. The number of primary amides is 1. The van der Waals surface area contributed by atoms with Gasteiger partial charge in [0.1, 0.15) is 11.5 Å². The van der Waals surface area contributed by atoms with Crippen LogP contribution in [0.4, 0.5) is 4.39 Å². The lowest BCUT2D eigenvalue weighted by atomic mass is 10.1. The third-order valence-corrected chi connectivity index (χ3v) is 2.21. The second kappa shape index (κ2) is 3.77. The van der Waals surface area contributed by atoms with Gasteiger partial charge < -0.3 is 5.73 Å². The lowest BCUT2D eigenvalue weighted by molar-refractivity contribution is 0.100. The number of rotatable bonds is 2. The fraction of sp³-hybridized carbons (Fsp3) is 0.0909. The zero-order valence-corrected chi connectivity index (χ0v) is 8.64. The summed E-state index contributed by atoms with van der Waals surface area (Å²) in [7, 11) is 1.69. The van der Waals surface area contributed by atoms with Crippen molar-refractivity contribution in [1.82, 2.24) is 9.78 Å². The quantitative estimate of drug-likeness (QED) is 0.828. The van der Waals surface area contributed by atoms with Gasteiger partial charge in [0.25, 0.3) is 5.91 Å². The van der Waals surface area contributed by atoms with Crippen molar-refractivity contribution < 1.29 is 9.18 Å². The maximum atomic E-state index is 12.7. The van der Waals surface area contributed by atoms with Gasteiger partial charge in [0.05, 0.1) is 5.56 Å². The van der Waals surface area contributed by atoms with E-state index in [1.165, 1.54) is 16.8 Å². The summed E-state index contributed by atoms with van der Waals surface area (Å²) in [5.41, 5.74) is 6.69. The van der Waals surface area contributed by atoms with Crippen molar-refractivity contribution in [2.24, 2.45) is 12.8 Å². The molecule has 2 rings (SSSR count). The number of benzene rings is 1. The van der Waals surface area contributed by atoms with Crippen LogP contribution in [0, 0.1) is 5.82 Å². The molecule has 82 valence electrons. The number of halogens is 1. The highest BCUT2D eigenvalue weighted by atomic mass is 19.1. The van der Waals surface area contributed by atoms with Crippen LogP contribution in [0.3, 0.4) is 0 Å². The fourth-order valence-electron chi connectivity index (χ4n) is 1.49. The number of carbonyl (C=O) groups excluding carboxylic acids is 1. The molecule has 0 saturated carbocycles. The van der Waals surface area contributed by atoms with Crippen molar-refractivity contribution in [1.29, 1.82) is 0 Å². The Hall–Kier alpha value is -2.17. The second-order valence-electron chi connectivity index (χ2n) is 3.44. The predicted molar refractivity (Wildman–Crippen MR) is 57.1 cm³/mol. The van der Waals surface area contributed by atoms with Gasteiger partial charge in [-0.05, 0) is 24.3 Å². The Morgan fingerprint density at radius 1 is 1.38 bits per heavy atom.